The number of halogens is 3. The van der Waals surface area contributed by atoms with Crippen molar-refractivity contribution in [1.82, 2.24) is 19.4 Å². The quantitative estimate of drug-likeness (QED) is 0.332. The van der Waals surface area contributed by atoms with E-state index in [0.717, 1.165) is 11.8 Å². The molecule has 0 bridgehead atoms. The molecular weight excluding hydrogens is 509 g/mol. The van der Waals surface area contributed by atoms with E-state index >= 15 is 0 Å². The van der Waals surface area contributed by atoms with Crippen LogP contribution < -0.4 is 15.8 Å². The number of amides is 1. The number of fused-ring (bicyclic) bond motifs is 1. The van der Waals surface area contributed by atoms with Crippen molar-refractivity contribution in [2.24, 2.45) is 0 Å². The summed E-state index contributed by atoms with van der Waals surface area (Å²) in [5.74, 6) is -0.261. The van der Waals surface area contributed by atoms with Gasteiger partial charge < -0.3 is 19.7 Å². The predicted molar refractivity (Wildman–Crippen MR) is 145 cm³/mol. The third-order valence-corrected chi connectivity index (χ3v) is 6.45. The summed E-state index contributed by atoms with van der Waals surface area (Å²) in [5.41, 5.74) is 1.19. The third kappa shape index (κ3) is 5.87. The molecule has 2 aromatic carbocycles. The van der Waals surface area contributed by atoms with E-state index in [9.17, 15) is 22.8 Å². The van der Waals surface area contributed by atoms with Gasteiger partial charge in [0.25, 0.3) is 12.0 Å². The lowest BCUT2D eigenvalue weighted by Gasteiger charge is -2.22. The van der Waals surface area contributed by atoms with Crippen molar-refractivity contribution < 1.29 is 18.0 Å². The Hall–Kier alpha value is -4.41. The van der Waals surface area contributed by atoms with Crippen LogP contribution in [0.15, 0.2) is 59.5 Å². The number of nitrogens with zero attached hydrogens (tertiary/aromatic N) is 5. The van der Waals surface area contributed by atoms with Crippen LogP contribution >= 0.6 is 0 Å². The van der Waals surface area contributed by atoms with Crippen LogP contribution in [-0.4, -0.2) is 46.5 Å². The van der Waals surface area contributed by atoms with E-state index in [1.54, 1.807) is 40.2 Å². The average molecular weight is 539 g/mol. The van der Waals surface area contributed by atoms with Crippen LogP contribution in [0.1, 0.15) is 36.3 Å². The van der Waals surface area contributed by atoms with Gasteiger partial charge in [-0.3, -0.25) is 9.59 Å². The molecule has 4 rings (SSSR count). The van der Waals surface area contributed by atoms with Gasteiger partial charge in [-0.25, -0.2) is 23.1 Å². The number of benzene rings is 2. The van der Waals surface area contributed by atoms with Crippen molar-refractivity contribution in [3.63, 3.8) is 0 Å². The van der Waals surface area contributed by atoms with Gasteiger partial charge >= 0.3 is 0 Å². The Morgan fingerprint density at radius 1 is 1.03 bits per heavy atom. The number of alkyl halides is 2. The molecule has 0 saturated carbocycles. The van der Waals surface area contributed by atoms with Gasteiger partial charge in [0.15, 0.2) is 0 Å². The van der Waals surface area contributed by atoms with Gasteiger partial charge in [0, 0.05) is 50.0 Å². The van der Waals surface area contributed by atoms with Crippen LogP contribution in [0.2, 0.25) is 0 Å². The lowest BCUT2D eigenvalue weighted by Crippen LogP contribution is -2.31. The number of rotatable bonds is 8. The van der Waals surface area contributed by atoms with Crippen molar-refractivity contribution in [3.05, 3.63) is 87.9 Å². The van der Waals surface area contributed by atoms with E-state index in [4.69, 9.17) is 0 Å². The van der Waals surface area contributed by atoms with E-state index in [-0.39, 0.29) is 23.6 Å². The van der Waals surface area contributed by atoms with Crippen LogP contribution in [0.25, 0.3) is 10.9 Å². The summed E-state index contributed by atoms with van der Waals surface area (Å²) in [6.45, 7) is 3.31. The minimum absolute atomic E-state index is 0.0897. The molecule has 0 spiro atoms. The summed E-state index contributed by atoms with van der Waals surface area (Å²) in [7, 11) is 5.06. The number of carbonyl (C=O) groups excluding carboxylic acids is 1. The van der Waals surface area contributed by atoms with E-state index in [2.05, 4.69) is 15.3 Å². The fraction of sp³-hybridized carbons (Fsp3) is 0.286. The summed E-state index contributed by atoms with van der Waals surface area (Å²) in [4.78, 5) is 36.7. The SMILES string of the molecule is Cc1nc(N[C@H](C)c2cccc(C(F)F)c2F)c2cc(N(C)c3ccc(=O)n(CC(=O)N(C)C)c3)ccc2n1. The van der Waals surface area contributed by atoms with Gasteiger partial charge in [-0.15, -0.1) is 0 Å². The number of aromatic nitrogens is 3. The molecular formula is C28H29F3N6O2. The number of anilines is 3. The Morgan fingerprint density at radius 3 is 2.41 bits per heavy atom. The maximum Gasteiger partial charge on any atom is 0.266 e. The topological polar surface area (TPSA) is 83.4 Å². The molecule has 4 aromatic rings. The van der Waals surface area contributed by atoms with Crippen molar-refractivity contribution in [2.75, 3.05) is 31.4 Å². The van der Waals surface area contributed by atoms with Crippen molar-refractivity contribution in [1.29, 1.82) is 0 Å². The number of hydrogen-bond acceptors (Lipinski definition) is 6. The van der Waals surface area contributed by atoms with Gasteiger partial charge in [0.2, 0.25) is 5.91 Å². The first-order valence-corrected chi connectivity index (χ1v) is 12.2. The molecule has 0 aliphatic rings. The number of hydrogen-bond donors (Lipinski definition) is 1. The zero-order valence-electron chi connectivity index (χ0n) is 22.2. The van der Waals surface area contributed by atoms with Crippen LogP contribution in [0.5, 0.6) is 0 Å². The molecule has 1 N–H and O–H groups in total. The second kappa shape index (κ2) is 11.1. The molecule has 1 atom stereocenters. The summed E-state index contributed by atoms with van der Waals surface area (Å²) in [6, 6.07) is 11.8. The van der Waals surface area contributed by atoms with Crippen LogP contribution in [-0.2, 0) is 11.3 Å². The molecule has 0 saturated heterocycles. The maximum absolute atomic E-state index is 14.8. The lowest BCUT2D eigenvalue weighted by atomic mass is 10.0. The van der Waals surface area contributed by atoms with Gasteiger partial charge in [-0.05, 0) is 38.1 Å². The molecule has 0 unspecified atom stereocenters. The Morgan fingerprint density at radius 2 is 1.72 bits per heavy atom. The number of aryl methyl sites for hydroxylation is 1. The third-order valence-electron chi connectivity index (χ3n) is 6.45. The van der Waals surface area contributed by atoms with E-state index in [0.29, 0.717) is 28.2 Å². The molecule has 0 aliphatic heterocycles. The van der Waals surface area contributed by atoms with Crippen molar-refractivity contribution in [3.8, 4) is 0 Å². The first-order chi connectivity index (χ1) is 18.5. The Kier molecular flexibility index (Phi) is 7.89. The van der Waals surface area contributed by atoms with Crippen LogP contribution in [0.3, 0.4) is 0 Å². The lowest BCUT2D eigenvalue weighted by molar-refractivity contribution is -0.129. The molecule has 39 heavy (non-hydrogen) atoms. The number of carbonyl (C=O) groups is 1. The highest BCUT2D eigenvalue weighted by atomic mass is 19.3. The van der Waals surface area contributed by atoms with Crippen LogP contribution in [0.4, 0.5) is 30.4 Å². The zero-order valence-corrected chi connectivity index (χ0v) is 22.2. The number of pyridine rings is 1. The van der Waals surface area contributed by atoms with Gasteiger partial charge in [0.1, 0.15) is 24.0 Å². The van der Waals surface area contributed by atoms with Gasteiger partial charge in [-0.2, -0.15) is 0 Å². The maximum atomic E-state index is 14.8. The summed E-state index contributed by atoms with van der Waals surface area (Å²) >= 11 is 0. The summed E-state index contributed by atoms with van der Waals surface area (Å²) < 4.78 is 42.6. The Labute approximate surface area is 223 Å². The van der Waals surface area contributed by atoms with Crippen LogP contribution in [0, 0.1) is 12.7 Å². The molecule has 0 aliphatic carbocycles. The summed E-state index contributed by atoms with van der Waals surface area (Å²) in [5, 5.41) is 3.80. The Balaban J connectivity index is 1.70. The molecule has 204 valence electrons. The first-order valence-electron chi connectivity index (χ1n) is 12.2. The highest BCUT2D eigenvalue weighted by Crippen LogP contribution is 2.32. The normalized spacial score (nSPS) is 12.0. The highest BCUT2D eigenvalue weighted by Gasteiger charge is 2.21. The fourth-order valence-electron chi connectivity index (χ4n) is 4.18. The molecule has 0 fully saturated rings. The minimum Gasteiger partial charge on any atom is -0.363 e. The van der Waals surface area contributed by atoms with Gasteiger partial charge in [-0.1, -0.05) is 18.2 Å². The standard InChI is InChI=1S/C28H29F3N6O2/c1-16(20-7-6-8-21(26(20)29)27(30)31)32-28-22-13-18(9-11-23(22)33-17(2)34-28)36(5)19-10-12-24(38)37(14-19)15-25(39)35(3)4/h6-14,16,27H,15H2,1-5H3,(H,32,33,34)/t16-/m1/s1. The monoisotopic (exact) mass is 538 g/mol. The second-order valence-electron chi connectivity index (χ2n) is 9.44. The molecule has 2 heterocycles. The molecule has 0 radical (unpaired) electrons. The van der Waals surface area contributed by atoms with Gasteiger partial charge in [0.05, 0.1) is 22.8 Å². The fourth-order valence-corrected chi connectivity index (χ4v) is 4.18. The van der Waals surface area contributed by atoms with E-state index < -0.39 is 23.8 Å². The molecule has 8 nitrogen and oxygen atoms in total. The first kappa shape index (κ1) is 27.6. The van der Waals surface area contributed by atoms with E-state index in [1.165, 1.54) is 27.7 Å². The minimum atomic E-state index is -2.92. The molecule has 2 aromatic heterocycles. The predicted octanol–water partition coefficient (Wildman–Crippen LogP) is 5.21. The van der Waals surface area contributed by atoms with Crippen molar-refractivity contribution >= 4 is 34.0 Å². The average Bonchev–Trinajstić information content (AvgIpc) is 2.89. The smallest absolute Gasteiger partial charge is 0.266 e. The number of likely N-dealkylation sites (N-methyl/N-ethyl adjacent to an activating group) is 1. The number of nitrogens with one attached hydrogen (secondary N) is 1. The molecule has 1 amide bonds. The second-order valence-corrected chi connectivity index (χ2v) is 9.44. The van der Waals surface area contributed by atoms with Crippen molar-refractivity contribution in [2.45, 2.75) is 32.9 Å². The highest BCUT2D eigenvalue weighted by molar-refractivity contribution is 5.92. The summed E-state index contributed by atoms with van der Waals surface area (Å²) in [6.07, 6.45) is -1.31. The Bertz CT molecular complexity index is 1590. The largest absolute Gasteiger partial charge is 0.363 e. The van der Waals surface area contributed by atoms with E-state index in [1.807, 2.05) is 30.1 Å². The zero-order chi connectivity index (χ0) is 28.4. The molecule has 11 heteroatoms.